The molecule has 4 heteroatoms. The Bertz CT molecular complexity index is 174. The van der Waals surface area contributed by atoms with Gasteiger partial charge < -0.3 is 15.5 Å². The van der Waals surface area contributed by atoms with Crippen molar-refractivity contribution in [1.29, 1.82) is 0 Å². The van der Waals surface area contributed by atoms with E-state index < -0.39 is 0 Å². The van der Waals surface area contributed by atoms with E-state index in [9.17, 15) is 4.79 Å². The first-order valence-corrected chi connectivity index (χ1v) is 5.36. The van der Waals surface area contributed by atoms with Crippen LogP contribution >= 0.6 is 0 Å². The molecular weight excluding hydrogens is 178 g/mol. The molecule has 82 valence electrons. The number of carbonyl (C=O) groups is 1. The molecule has 1 rings (SSSR count). The minimum Gasteiger partial charge on any atom is -0.338 e. The summed E-state index contributed by atoms with van der Waals surface area (Å²) in [5.41, 5.74) is 0. The Labute approximate surface area is 86.0 Å². The van der Waals surface area contributed by atoms with Crippen molar-refractivity contribution < 1.29 is 4.79 Å². The van der Waals surface area contributed by atoms with Crippen molar-refractivity contribution in [3.63, 3.8) is 0 Å². The number of nitrogens with zero attached hydrogens (tertiary/aromatic N) is 1. The first kappa shape index (κ1) is 11.3. The second kappa shape index (κ2) is 5.86. The summed E-state index contributed by atoms with van der Waals surface area (Å²) >= 11 is 0. The average Bonchev–Trinajstić information content (AvgIpc) is 2.42. The van der Waals surface area contributed by atoms with Crippen LogP contribution < -0.4 is 10.6 Å². The quantitative estimate of drug-likeness (QED) is 0.686. The van der Waals surface area contributed by atoms with E-state index in [0.717, 1.165) is 19.6 Å². The minimum absolute atomic E-state index is 0.0159. The van der Waals surface area contributed by atoms with E-state index in [-0.39, 0.29) is 6.03 Å². The van der Waals surface area contributed by atoms with Gasteiger partial charge in [-0.1, -0.05) is 0 Å². The van der Waals surface area contributed by atoms with Gasteiger partial charge in [-0.15, -0.1) is 0 Å². The molecule has 0 bridgehead atoms. The Morgan fingerprint density at radius 3 is 2.93 bits per heavy atom. The first-order chi connectivity index (χ1) is 6.70. The van der Waals surface area contributed by atoms with E-state index in [1.807, 2.05) is 0 Å². The van der Waals surface area contributed by atoms with Gasteiger partial charge in [0, 0.05) is 20.6 Å². The number of rotatable bonds is 2. The smallest absolute Gasteiger partial charge is 0.316 e. The molecular formula is C10H21N3O. The second-order valence-electron chi connectivity index (χ2n) is 4.13. The molecule has 4 nitrogen and oxygen atoms in total. The van der Waals surface area contributed by atoms with Gasteiger partial charge in [-0.3, -0.25) is 0 Å². The fraction of sp³-hybridized carbons (Fsp3) is 0.900. The molecule has 0 aliphatic carbocycles. The maximum atomic E-state index is 11.3. The molecule has 0 spiro atoms. The van der Waals surface area contributed by atoms with Crippen LogP contribution in [0.2, 0.25) is 0 Å². The van der Waals surface area contributed by atoms with Gasteiger partial charge in [0.2, 0.25) is 0 Å². The van der Waals surface area contributed by atoms with Crippen LogP contribution in [0.1, 0.15) is 19.3 Å². The summed E-state index contributed by atoms with van der Waals surface area (Å²) in [6, 6.07) is 0.0159. The highest BCUT2D eigenvalue weighted by molar-refractivity contribution is 5.73. The van der Waals surface area contributed by atoms with Crippen LogP contribution in [-0.2, 0) is 0 Å². The molecule has 14 heavy (non-hydrogen) atoms. The zero-order valence-electron chi connectivity index (χ0n) is 9.18. The lowest BCUT2D eigenvalue weighted by atomic mass is 10.0. The lowest BCUT2D eigenvalue weighted by molar-refractivity contribution is 0.214. The average molecular weight is 199 g/mol. The summed E-state index contributed by atoms with van der Waals surface area (Å²) in [5, 5.41) is 6.30. The van der Waals surface area contributed by atoms with Crippen molar-refractivity contribution >= 4 is 6.03 Å². The van der Waals surface area contributed by atoms with Gasteiger partial charge >= 0.3 is 6.03 Å². The Hall–Kier alpha value is -0.770. The lowest BCUT2D eigenvalue weighted by Gasteiger charge is -2.17. The molecule has 2 amide bonds. The van der Waals surface area contributed by atoms with E-state index in [1.54, 1.807) is 19.0 Å². The van der Waals surface area contributed by atoms with Crippen molar-refractivity contribution in [2.24, 2.45) is 5.92 Å². The first-order valence-electron chi connectivity index (χ1n) is 5.36. The maximum absolute atomic E-state index is 11.3. The molecule has 0 saturated carbocycles. The molecule has 1 aliphatic heterocycles. The van der Waals surface area contributed by atoms with Crippen LogP contribution in [0.25, 0.3) is 0 Å². The predicted octanol–water partition coefficient (Wildman–Crippen LogP) is 0.647. The molecule has 1 saturated heterocycles. The highest BCUT2D eigenvalue weighted by Gasteiger charge is 2.13. The van der Waals surface area contributed by atoms with E-state index in [4.69, 9.17) is 0 Å². The summed E-state index contributed by atoms with van der Waals surface area (Å²) < 4.78 is 0. The van der Waals surface area contributed by atoms with Crippen LogP contribution in [0.3, 0.4) is 0 Å². The highest BCUT2D eigenvalue weighted by atomic mass is 16.2. The summed E-state index contributed by atoms with van der Waals surface area (Å²) in [6.45, 7) is 3.03. The largest absolute Gasteiger partial charge is 0.338 e. The van der Waals surface area contributed by atoms with E-state index in [0.29, 0.717) is 5.92 Å². The number of urea groups is 1. The number of hydrogen-bond donors (Lipinski definition) is 2. The van der Waals surface area contributed by atoms with Gasteiger partial charge in [0.25, 0.3) is 0 Å². The van der Waals surface area contributed by atoms with Crippen LogP contribution in [0, 0.1) is 5.92 Å². The number of amides is 2. The maximum Gasteiger partial charge on any atom is 0.316 e. The van der Waals surface area contributed by atoms with Crippen molar-refractivity contribution in [3.05, 3.63) is 0 Å². The molecule has 1 unspecified atom stereocenters. The molecule has 1 aliphatic rings. The van der Waals surface area contributed by atoms with Crippen LogP contribution in [0.5, 0.6) is 0 Å². The highest BCUT2D eigenvalue weighted by Crippen LogP contribution is 2.11. The minimum atomic E-state index is 0.0159. The third-order valence-corrected chi connectivity index (χ3v) is 2.64. The summed E-state index contributed by atoms with van der Waals surface area (Å²) in [4.78, 5) is 12.8. The van der Waals surface area contributed by atoms with Gasteiger partial charge in [0.05, 0.1) is 0 Å². The Morgan fingerprint density at radius 2 is 2.21 bits per heavy atom. The normalized spacial score (nSPS) is 22.6. The molecule has 0 radical (unpaired) electrons. The molecule has 2 N–H and O–H groups in total. The number of carbonyl (C=O) groups excluding carboxylic acids is 1. The van der Waals surface area contributed by atoms with Gasteiger partial charge in [0.1, 0.15) is 0 Å². The standard InChI is InChI=1S/C10H21N3O/c1-13(2)10(14)12-8-9-4-3-6-11-7-5-9/h9,11H,3-8H2,1-2H3,(H,12,14). The Kier molecular flexibility index (Phi) is 4.73. The molecule has 0 aromatic rings. The van der Waals surface area contributed by atoms with Crippen molar-refractivity contribution in [2.45, 2.75) is 19.3 Å². The SMILES string of the molecule is CN(C)C(=O)NCC1CCCNCC1. The van der Waals surface area contributed by atoms with Crippen LogP contribution in [0.15, 0.2) is 0 Å². The fourth-order valence-corrected chi connectivity index (χ4v) is 1.69. The summed E-state index contributed by atoms with van der Waals surface area (Å²) in [5.74, 6) is 0.647. The Balaban J connectivity index is 2.19. The zero-order valence-corrected chi connectivity index (χ0v) is 9.18. The topological polar surface area (TPSA) is 44.4 Å². The molecule has 1 heterocycles. The van der Waals surface area contributed by atoms with Gasteiger partial charge in [-0.2, -0.15) is 0 Å². The van der Waals surface area contributed by atoms with E-state index in [1.165, 1.54) is 19.3 Å². The molecule has 0 aromatic carbocycles. The van der Waals surface area contributed by atoms with E-state index >= 15 is 0 Å². The third kappa shape index (κ3) is 3.96. The summed E-state index contributed by atoms with van der Waals surface area (Å²) in [6.07, 6.45) is 3.62. The molecule has 1 fully saturated rings. The van der Waals surface area contributed by atoms with Gasteiger partial charge in [-0.05, 0) is 38.3 Å². The summed E-state index contributed by atoms with van der Waals surface area (Å²) in [7, 11) is 3.54. The number of nitrogens with one attached hydrogen (secondary N) is 2. The van der Waals surface area contributed by atoms with Crippen molar-refractivity contribution in [1.82, 2.24) is 15.5 Å². The molecule has 1 atom stereocenters. The van der Waals surface area contributed by atoms with Gasteiger partial charge in [-0.25, -0.2) is 4.79 Å². The van der Waals surface area contributed by atoms with Crippen LogP contribution in [-0.4, -0.2) is 44.7 Å². The van der Waals surface area contributed by atoms with Crippen LogP contribution in [0.4, 0.5) is 4.79 Å². The lowest BCUT2D eigenvalue weighted by Crippen LogP contribution is -2.37. The van der Waals surface area contributed by atoms with E-state index in [2.05, 4.69) is 10.6 Å². The zero-order chi connectivity index (χ0) is 10.4. The van der Waals surface area contributed by atoms with Gasteiger partial charge in [0.15, 0.2) is 0 Å². The molecule has 0 aromatic heterocycles. The third-order valence-electron chi connectivity index (χ3n) is 2.64. The van der Waals surface area contributed by atoms with Crippen molar-refractivity contribution in [2.75, 3.05) is 33.7 Å². The monoisotopic (exact) mass is 199 g/mol. The second-order valence-corrected chi connectivity index (χ2v) is 4.13. The van der Waals surface area contributed by atoms with Crippen molar-refractivity contribution in [3.8, 4) is 0 Å². The predicted molar refractivity (Wildman–Crippen MR) is 57.3 cm³/mol. The Morgan fingerprint density at radius 1 is 1.43 bits per heavy atom. The fourth-order valence-electron chi connectivity index (χ4n) is 1.69. The number of hydrogen-bond acceptors (Lipinski definition) is 2.